The van der Waals surface area contributed by atoms with Gasteiger partial charge in [-0.05, 0) is 18.2 Å². The van der Waals surface area contributed by atoms with Gasteiger partial charge in [-0.3, -0.25) is 0 Å². The molecule has 4 heteroatoms. The van der Waals surface area contributed by atoms with E-state index in [2.05, 4.69) is 11.2 Å². The number of hydrogen-bond donors (Lipinski definition) is 2. The minimum absolute atomic E-state index is 0.138. The van der Waals surface area contributed by atoms with E-state index < -0.39 is 6.10 Å². The number of benzene rings is 1. The zero-order chi connectivity index (χ0) is 11.3. The second-order valence-electron chi connectivity index (χ2n) is 3.02. The lowest BCUT2D eigenvalue weighted by Gasteiger charge is -2.11. The molecule has 15 heavy (non-hydrogen) atoms. The summed E-state index contributed by atoms with van der Waals surface area (Å²) in [5.74, 6) is 2.12. The van der Waals surface area contributed by atoms with Crippen LogP contribution < -0.4 is 5.32 Å². The highest BCUT2D eigenvalue weighted by atomic mass is 35.5. The average molecular weight is 228 g/mol. The van der Waals surface area contributed by atoms with E-state index in [0.717, 1.165) is 0 Å². The predicted molar refractivity (Wildman–Crippen MR) is 59.6 cm³/mol. The van der Waals surface area contributed by atoms with Crippen molar-refractivity contribution < 1.29 is 9.50 Å². The van der Waals surface area contributed by atoms with Gasteiger partial charge >= 0.3 is 0 Å². The van der Waals surface area contributed by atoms with Crippen LogP contribution in [0.15, 0.2) is 18.2 Å². The van der Waals surface area contributed by atoms with E-state index in [1.807, 2.05) is 0 Å². The molecule has 0 fully saturated rings. The summed E-state index contributed by atoms with van der Waals surface area (Å²) >= 11 is 5.43. The van der Waals surface area contributed by atoms with Crippen LogP contribution in [0.5, 0.6) is 0 Å². The highest BCUT2D eigenvalue weighted by Gasteiger charge is 2.04. The van der Waals surface area contributed by atoms with Gasteiger partial charge in [-0.1, -0.05) is 5.92 Å². The molecule has 2 N–H and O–H groups in total. The molecule has 1 atom stereocenters. The van der Waals surface area contributed by atoms with E-state index in [9.17, 15) is 9.50 Å². The van der Waals surface area contributed by atoms with Gasteiger partial charge in [0.1, 0.15) is 5.82 Å². The summed E-state index contributed by atoms with van der Waals surface area (Å²) in [6.45, 7) is 0.282. The third-order valence-electron chi connectivity index (χ3n) is 1.84. The second kappa shape index (κ2) is 5.59. The van der Waals surface area contributed by atoms with Gasteiger partial charge in [0.15, 0.2) is 0 Å². The molecule has 0 bridgehead atoms. The third kappa shape index (κ3) is 3.43. The topological polar surface area (TPSA) is 32.3 Å². The normalized spacial score (nSPS) is 11.9. The Bertz CT molecular complexity index is 375. The maximum atomic E-state index is 12.8. The minimum Gasteiger partial charge on any atom is -0.390 e. The smallest absolute Gasteiger partial charge is 0.124 e. The molecular formula is C11H11ClFNO. The maximum absolute atomic E-state index is 12.8. The Morgan fingerprint density at radius 2 is 2.33 bits per heavy atom. The summed E-state index contributed by atoms with van der Waals surface area (Å²) in [5.41, 5.74) is 1.04. The summed E-state index contributed by atoms with van der Waals surface area (Å²) in [7, 11) is 0. The first-order valence-corrected chi connectivity index (χ1v) is 4.95. The molecule has 1 aromatic carbocycles. The molecule has 2 nitrogen and oxygen atoms in total. The lowest BCUT2D eigenvalue weighted by atomic mass is 10.2. The van der Waals surface area contributed by atoms with Crippen LogP contribution in [-0.4, -0.2) is 23.6 Å². The molecule has 0 aromatic heterocycles. The van der Waals surface area contributed by atoms with E-state index in [0.29, 0.717) is 11.3 Å². The van der Waals surface area contributed by atoms with Crippen molar-refractivity contribution in [2.24, 2.45) is 0 Å². The fourth-order valence-electron chi connectivity index (χ4n) is 1.07. The molecule has 0 aliphatic heterocycles. The first-order valence-electron chi connectivity index (χ1n) is 4.41. The quantitative estimate of drug-likeness (QED) is 0.608. The summed E-state index contributed by atoms with van der Waals surface area (Å²) < 4.78 is 12.8. The van der Waals surface area contributed by atoms with Crippen molar-refractivity contribution in [3.8, 4) is 12.3 Å². The number of halogens is 2. The highest BCUT2D eigenvalue weighted by Crippen LogP contribution is 2.15. The van der Waals surface area contributed by atoms with Crippen molar-refractivity contribution in [3.05, 3.63) is 29.6 Å². The Balaban J connectivity index is 2.73. The van der Waals surface area contributed by atoms with Crippen LogP contribution in [0.4, 0.5) is 10.1 Å². The molecule has 0 aliphatic rings. The van der Waals surface area contributed by atoms with Crippen LogP contribution in [0, 0.1) is 18.2 Å². The Morgan fingerprint density at radius 1 is 1.60 bits per heavy atom. The molecule has 0 heterocycles. The Hall–Kier alpha value is -1.24. The SMILES string of the molecule is C#Cc1cc(F)ccc1NCC(O)CCl. The van der Waals surface area contributed by atoms with Crippen LogP contribution >= 0.6 is 11.6 Å². The van der Waals surface area contributed by atoms with E-state index in [1.165, 1.54) is 18.2 Å². The number of terminal acetylenes is 1. The number of aliphatic hydroxyl groups is 1. The summed E-state index contributed by atoms with van der Waals surface area (Å²) in [4.78, 5) is 0. The molecule has 80 valence electrons. The van der Waals surface area contributed by atoms with Crippen LogP contribution in [-0.2, 0) is 0 Å². The molecule has 0 radical (unpaired) electrons. The fraction of sp³-hybridized carbons (Fsp3) is 0.273. The zero-order valence-electron chi connectivity index (χ0n) is 8.00. The number of hydrogen-bond acceptors (Lipinski definition) is 2. The van der Waals surface area contributed by atoms with Gasteiger partial charge in [0.05, 0.1) is 23.2 Å². The zero-order valence-corrected chi connectivity index (χ0v) is 8.76. The van der Waals surface area contributed by atoms with Gasteiger partial charge in [0, 0.05) is 6.54 Å². The number of aliphatic hydroxyl groups excluding tert-OH is 1. The Morgan fingerprint density at radius 3 is 2.93 bits per heavy atom. The van der Waals surface area contributed by atoms with E-state index in [-0.39, 0.29) is 18.2 Å². The average Bonchev–Trinajstić information content (AvgIpc) is 2.26. The molecule has 1 aromatic rings. The summed E-state index contributed by atoms with van der Waals surface area (Å²) in [6, 6.07) is 4.09. The van der Waals surface area contributed by atoms with Crippen molar-refractivity contribution in [1.82, 2.24) is 0 Å². The molecule has 0 amide bonds. The minimum atomic E-state index is -0.651. The first-order chi connectivity index (χ1) is 7.17. The van der Waals surface area contributed by atoms with Gasteiger partial charge < -0.3 is 10.4 Å². The van der Waals surface area contributed by atoms with Gasteiger partial charge in [0.2, 0.25) is 0 Å². The van der Waals surface area contributed by atoms with Crippen molar-refractivity contribution in [2.75, 3.05) is 17.7 Å². The summed E-state index contributed by atoms with van der Waals surface area (Å²) in [5, 5.41) is 12.1. The van der Waals surface area contributed by atoms with Crippen molar-refractivity contribution in [2.45, 2.75) is 6.10 Å². The van der Waals surface area contributed by atoms with Crippen LogP contribution in [0.2, 0.25) is 0 Å². The van der Waals surface area contributed by atoms with Gasteiger partial charge in [0.25, 0.3) is 0 Å². The number of alkyl halides is 1. The van der Waals surface area contributed by atoms with Crippen molar-refractivity contribution in [3.63, 3.8) is 0 Å². The number of rotatable bonds is 4. The monoisotopic (exact) mass is 227 g/mol. The van der Waals surface area contributed by atoms with Gasteiger partial charge in [-0.15, -0.1) is 18.0 Å². The molecule has 0 saturated heterocycles. The van der Waals surface area contributed by atoms with E-state index in [1.54, 1.807) is 0 Å². The van der Waals surface area contributed by atoms with E-state index in [4.69, 9.17) is 18.0 Å². The van der Waals surface area contributed by atoms with Crippen LogP contribution in [0.25, 0.3) is 0 Å². The highest BCUT2D eigenvalue weighted by molar-refractivity contribution is 6.18. The second-order valence-corrected chi connectivity index (χ2v) is 3.33. The van der Waals surface area contributed by atoms with E-state index >= 15 is 0 Å². The Kier molecular flexibility index (Phi) is 4.41. The molecule has 1 unspecified atom stereocenters. The third-order valence-corrected chi connectivity index (χ3v) is 2.20. The number of anilines is 1. The predicted octanol–water partition coefficient (Wildman–Crippen LogP) is 1.82. The molecule has 0 saturated carbocycles. The molecule has 0 spiro atoms. The van der Waals surface area contributed by atoms with Gasteiger partial charge in [-0.2, -0.15) is 0 Å². The van der Waals surface area contributed by atoms with Crippen LogP contribution in [0.1, 0.15) is 5.56 Å². The van der Waals surface area contributed by atoms with Gasteiger partial charge in [-0.25, -0.2) is 4.39 Å². The Labute approximate surface area is 93.1 Å². The van der Waals surface area contributed by atoms with Crippen molar-refractivity contribution >= 4 is 17.3 Å². The van der Waals surface area contributed by atoms with Crippen LogP contribution in [0.3, 0.4) is 0 Å². The fourth-order valence-corrected chi connectivity index (χ4v) is 1.18. The maximum Gasteiger partial charge on any atom is 0.124 e. The summed E-state index contributed by atoms with van der Waals surface area (Å²) in [6.07, 6.45) is 4.56. The van der Waals surface area contributed by atoms with Crippen molar-refractivity contribution in [1.29, 1.82) is 0 Å². The molecular weight excluding hydrogens is 217 g/mol. The molecule has 0 aliphatic carbocycles. The number of nitrogens with one attached hydrogen (secondary N) is 1. The lowest BCUT2D eigenvalue weighted by molar-refractivity contribution is 0.211. The largest absolute Gasteiger partial charge is 0.390 e. The first kappa shape index (κ1) is 11.8. The lowest BCUT2D eigenvalue weighted by Crippen LogP contribution is -2.21. The standard InChI is InChI=1S/C11H11ClFNO/c1-2-8-5-9(13)3-4-11(8)14-7-10(15)6-12/h1,3-5,10,14-15H,6-7H2. The molecule has 1 rings (SSSR count).